The van der Waals surface area contributed by atoms with E-state index in [1.54, 1.807) is 19.1 Å². The average molecular weight is 443 g/mol. The first-order valence-corrected chi connectivity index (χ1v) is 11.8. The third-order valence-electron chi connectivity index (χ3n) is 5.23. The molecule has 2 aromatic carbocycles. The second kappa shape index (κ2) is 9.01. The van der Waals surface area contributed by atoms with Crippen LogP contribution in [0.2, 0.25) is 0 Å². The van der Waals surface area contributed by atoms with E-state index in [9.17, 15) is 22.8 Å². The fourth-order valence-electron chi connectivity index (χ4n) is 3.51. The summed E-state index contributed by atoms with van der Waals surface area (Å²) in [5.41, 5.74) is 2.37. The van der Waals surface area contributed by atoms with Gasteiger partial charge in [-0.3, -0.25) is 24.0 Å². The largest absolute Gasteiger partial charge is 0.273 e. The van der Waals surface area contributed by atoms with Gasteiger partial charge < -0.3 is 0 Å². The molecule has 3 amide bonds. The number of fused-ring (bicyclic) bond motifs is 1. The highest BCUT2D eigenvalue weighted by atomic mass is 32.2. The van der Waals surface area contributed by atoms with Gasteiger partial charge in [0.25, 0.3) is 11.8 Å². The topological polar surface area (TPSA) is 101 Å². The van der Waals surface area contributed by atoms with E-state index < -0.39 is 39.4 Å². The molecule has 7 nitrogen and oxygen atoms in total. The van der Waals surface area contributed by atoms with Gasteiger partial charge in [0.2, 0.25) is 15.9 Å². The molecule has 0 spiro atoms. The van der Waals surface area contributed by atoms with E-state index >= 15 is 0 Å². The summed E-state index contributed by atoms with van der Waals surface area (Å²) in [6.45, 7) is 5.55. The zero-order chi connectivity index (χ0) is 22.8. The van der Waals surface area contributed by atoms with Crippen molar-refractivity contribution in [1.29, 1.82) is 0 Å². The van der Waals surface area contributed by atoms with Gasteiger partial charge in [0.1, 0.15) is 0 Å². The second-order valence-corrected chi connectivity index (χ2v) is 10.00. The van der Waals surface area contributed by atoms with Crippen LogP contribution in [0, 0.1) is 5.92 Å². The van der Waals surface area contributed by atoms with Crippen molar-refractivity contribution in [1.82, 2.24) is 9.62 Å². The Labute approximate surface area is 182 Å². The molecule has 0 fully saturated rings. The first kappa shape index (κ1) is 22.7. The van der Waals surface area contributed by atoms with Crippen molar-refractivity contribution in [3.05, 3.63) is 70.8 Å². The van der Waals surface area contributed by atoms with Crippen LogP contribution in [0.1, 0.15) is 58.5 Å². The molecule has 8 heteroatoms. The molecule has 31 heavy (non-hydrogen) atoms. The summed E-state index contributed by atoms with van der Waals surface area (Å²) in [5.74, 6) is -2.42. The van der Waals surface area contributed by atoms with Gasteiger partial charge in [0, 0.05) is 6.54 Å². The molecule has 2 aromatic rings. The van der Waals surface area contributed by atoms with Crippen molar-refractivity contribution in [2.24, 2.45) is 5.92 Å². The number of carbonyl (C=O) groups excluding carboxylic acids is 3. The smallest absolute Gasteiger partial charge is 0.261 e. The van der Waals surface area contributed by atoms with E-state index in [2.05, 4.69) is 18.6 Å². The van der Waals surface area contributed by atoms with Crippen molar-refractivity contribution >= 4 is 27.7 Å². The molecule has 0 saturated carbocycles. The molecule has 3 rings (SSSR count). The van der Waals surface area contributed by atoms with Crippen LogP contribution >= 0.6 is 0 Å². The molecular formula is C23H26N2O5S. The SMILES string of the molecule is CC(C)Cc1ccc([C@@H](C)C(=O)NS(=O)(=O)CCN2C(=O)c3ccccc3C2=O)cc1. The van der Waals surface area contributed by atoms with E-state index in [1.807, 2.05) is 24.3 Å². The highest BCUT2D eigenvalue weighted by Gasteiger charge is 2.35. The number of sulfonamides is 1. The Morgan fingerprint density at radius 3 is 2.00 bits per heavy atom. The maximum atomic E-state index is 12.5. The van der Waals surface area contributed by atoms with Crippen LogP contribution < -0.4 is 4.72 Å². The molecule has 0 saturated heterocycles. The third-order valence-corrected chi connectivity index (χ3v) is 6.47. The summed E-state index contributed by atoms with van der Waals surface area (Å²) in [6.07, 6.45) is 0.924. The van der Waals surface area contributed by atoms with Crippen molar-refractivity contribution in [3.8, 4) is 0 Å². The maximum absolute atomic E-state index is 12.5. The predicted octanol–water partition coefficient (Wildman–Crippen LogP) is 2.73. The number of imide groups is 1. The van der Waals surface area contributed by atoms with Crippen molar-refractivity contribution in [2.45, 2.75) is 33.1 Å². The molecule has 1 heterocycles. The molecule has 0 aliphatic carbocycles. The number of hydrogen-bond acceptors (Lipinski definition) is 5. The van der Waals surface area contributed by atoms with Crippen LogP contribution in [0.5, 0.6) is 0 Å². The lowest BCUT2D eigenvalue weighted by molar-refractivity contribution is -0.120. The van der Waals surface area contributed by atoms with Crippen molar-refractivity contribution in [3.63, 3.8) is 0 Å². The number of benzene rings is 2. The van der Waals surface area contributed by atoms with Gasteiger partial charge in [0.05, 0.1) is 22.8 Å². The molecule has 0 aromatic heterocycles. The summed E-state index contributed by atoms with van der Waals surface area (Å²) < 4.78 is 26.9. The van der Waals surface area contributed by atoms with Gasteiger partial charge in [-0.1, -0.05) is 50.2 Å². The summed E-state index contributed by atoms with van der Waals surface area (Å²) in [4.78, 5) is 38.1. The predicted molar refractivity (Wildman–Crippen MR) is 117 cm³/mol. The lowest BCUT2D eigenvalue weighted by Crippen LogP contribution is -2.40. The minimum Gasteiger partial charge on any atom is -0.273 e. The first-order chi connectivity index (χ1) is 14.6. The molecule has 1 atom stereocenters. The van der Waals surface area contributed by atoms with Crippen LogP contribution in [-0.2, 0) is 21.2 Å². The maximum Gasteiger partial charge on any atom is 0.261 e. The van der Waals surface area contributed by atoms with Crippen LogP contribution in [0.15, 0.2) is 48.5 Å². The highest BCUT2D eigenvalue weighted by Crippen LogP contribution is 2.22. The molecular weight excluding hydrogens is 416 g/mol. The monoisotopic (exact) mass is 442 g/mol. The molecule has 1 aliphatic rings. The Balaban J connectivity index is 1.60. The normalized spacial score (nSPS) is 14.6. The fourth-order valence-corrected chi connectivity index (χ4v) is 4.52. The van der Waals surface area contributed by atoms with Crippen LogP contribution in [-0.4, -0.2) is 43.3 Å². The Morgan fingerprint density at radius 1 is 0.935 bits per heavy atom. The molecule has 0 bridgehead atoms. The fraction of sp³-hybridized carbons (Fsp3) is 0.348. The van der Waals surface area contributed by atoms with Gasteiger partial charge in [0.15, 0.2) is 0 Å². The molecule has 1 N–H and O–H groups in total. The Hall–Kier alpha value is -3.00. The molecule has 1 aliphatic heterocycles. The summed E-state index contributed by atoms with van der Waals surface area (Å²) in [5, 5.41) is 0. The quantitative estimate of drug-likeness (QED) is 0.634. The van der Waals surface area contributed by atoms with Crippen LogP contribution in [0.25, 0.3) is 0 Å². The van der Waals surface area contributed by atoms with Crippen molar-refractivity contribution < 1.29 is 22.8 Å². The number of rotatable bonds is 8. The highest BCUT2D eigenvalue weighted by molar-refractivity contribution is 7.90. The molecule has 0 unspecified atom stereocenters. The minimum atomic E-state index is -4.03. The van der Waals surface area contributed by atoms with E-state index in [0.717, 1.165) is 16.9 Å². The van der Waals surface area contributed by atoms with E-state index in [4.69, 9.17) is 0 Å². The van der Waals surface area contributed by atoms with E-state index in [1.165, 1.54) is 12.1 Å². The second-order valence-electron chi connectivity index (χ2n) is 8.15. The lowest BCUT2D eigenvalue weighted by atomic mass is 9.96. The summed E-state index contributed by atoms with van der Waals surface area (Å²) in [6, 6.07) is 13.9. The van der Waals surface area contributed by atoms with Gasteiger partial charge in [-0.25, -0.2) is 8.42 Å². The number of amides is 3. The number of hydrogen-bond donors (Lipinski definition) is 1. The molecule has 164 valence electrons. The van der Waals surface area contributed by atoms with Crippen LogP contribution in [0.4, 0.5) is 0 Å². The summed E-state index contributed by atoms with van der Waals surface area (Å²) in [7, 11) is -4.03. The number of carbonyl (C=O) groups is 3. The third kappa shape index (κ3) is 5.19. The first-order valence-electron chi connectivity index (χ1n) is 10.2. The Kier molecular flexibility index (Phi) is 6.59. The van der Waals surface area contributed by atoms with Crippen molar-refractivity contribution in [2.75, 3.05) is 12.3 Å². The Bertz CT molecular complexity index is 1070. The van der Waals surface area contributed by atoms with Gasteiger partial charge >= 0.3 is 0 Å². The van der Waals surface area contributed by atoms with Gasteiger partial charge in [-0.05, 0) is 42.5 Å². The van der Waals surface area contributed by atoms with E-state index in [-0.39, 0.29) is 17.7 Å². The lowest BCUT2D eigenvalue weighted by Gasteiger charge is -2.16. The Morgan fingerprint density at radius 2 is 1.48 bits per heavy atom. The van der Waals surface area contributed by atoms with Crippen LogP contribution in [0.3, 0.4) is 0 Å². The number of nitrogens with one attached hydrogen (secondary N) is 1. The van der Waals surface area contributed by atoms with Gasteiger partial charge in [-0.15, -0.1) is 0 Å². The average Bonchev–Trinajstić information content (AvgIpc) is 2.96. The van der Waals surface area contributed by atoms with Gasteiger partial charge in [-0.2, -0.15) is 0 Å². The summed E-state index contributed by atoms with van der Waals surface area (Å²) >= 11 is 0. The number of nitrogens with zero attached hydrogens (tertiary/aromatic N) is 1. The molecule has 0 radical (unpaired) electrons. The zero-order valence-corrected chi connectivity index (χ0v) is 18.6. The zero-order valence-electron chi connectivity index (χ0n) is 17.8. The standard InChI is InChI=1S/C23H26N2O5S/c1-15(2)14-17-8-10-18(11-9-17)16(3)21(26)24-31(29,30)13-12-25-22(27)19-6-4-5-7-20(19)23(25)28/h4-11,15-16H,12-14H2,1-3H3,(H,24,26)/t16-/m1/s1. The minimum absolute atomic E-state index is 0.253. The van der Waals surface area contributed by atoms with E-state index in [0.29, 0.717) is 11.5 Å².